The first-order valence-corrected chi connectivity index (χ1v) is 4.37. The average molecular weight is 190 g/mol. The molecule has 0 saturated heterocycles. The Morgan fingerprint density at radius 3 is 2.54 bits per heavy atom. The first kappa shape index (κ1) is 12.3. The first-order valence-electron chi connectivity index (χ1n) is 4.37. The van der Waals surface area contributed by atoms with Gasteiger partial charge in [-0.1, -0.05) is 6.42 Å². The number of likely N-dealkylation sites (N-methyl/N-ethyl adjacent to an activating group) is 1. The Hall–Kier alpha value is -0.650. The van der Waals surface area contributed by atoms with E-state index in [4.69, 9.17) is 15.9 Å². The summed E-state index contributed by atoms with van der Waals surface area (Å²) < 4.78 is 0. The van der Waals surface area contributed by atoms with E-state index >= 15 is 0 Å². The molecule has 0 rings (SSSR count). The van der Waals surface area contributed by atoms with E-state index in [-0.39, 0.29) is 6.73 Å². The number of nitrogens with zero attached hydrogens (tertiary/aromatic N) is 1. The zero-order valence-corrected chi connectivity index (χ0v) is 7.94. The van der Waals surface area contributed by atoms with E-state index in [0.717, 1.165) is 12.8 Å². The van der Waals surface area contributed by atoms with Gasteiger partial charge in [0.15, 0.2) is 0 Å². The molecular weight excluding hydrogens is 172 g/mol. The fourth-order valence-corrected chi connectivity index (χ4v) is 1.11. The molecule has 0 aromatic rings. The number of carboxylic acid groups (broad SMARTS) is 1. The van der Waals surface area contributed by atoms with Crippen molar-refractivity contribution < 1.29 is 15.0 Å². The van der Waals surface area contributed by atoms with Crippen molar-refractivity contribution in [2.24, 2.45) is 5.73 Å². The van der Waals surface area contributed by atoms with Crippen LogP contribution in [0.1, 0.15) is 19.3 Å². The maximum atomic E-state index is 10.7. The Kier molecular flexibility index (Phi) is 6.48. The van der Waals surface area contributed by atoms with Crippen LogP contribution in [0.4, 0.5) is 0 Å². The Morgan fingerprint density at radius 2 is 2.15 bits per heavy atom. The highest BCUT2D eigenvalue weighted by Crippen LogP contribution is 2.06. The third-order valence-corrected chi connectivity index (χ3v) is 1.97. The summed E-state index contributed by atoms with van der Waals surface area (Å²) in [6, 6.07) is -0.600. The fourth-order valence-electron chi connectivity index (χ4n) is 1.11. The molecule has 13 heavy (non-hydrogen) atoms. The molecule has 0 aliphatic heterocycles. The lowest BCUT2D eigenvalue weighted by Gasteiger charge is -2.21. The van der Waals surface area contributed by atoms with Gasteiger partial charge < -0.3 is 15.9 Å². The topological polar surface area (TPSA) is 86.8 Å². The fraction of sp³-hybridized carbons (Fsp3) is 0.875. The average Bonchev–Trinajstić information content (AvgIpc) is 2.11. The summed E-state index contributed by atoms with van der Waals surface area (Å²) in [4.78, 5) is 12.1. The van der Waals surface area contributed by atoms with Gasteiger partial charge in [0.25, 0.3) is 0 Å². The van der Waals surface area contributed by atoms with Crippen LogP contribution in [0.2, 0.25) is 0 Å². The number of carboxylic acids is 1. The number of aliphatic hydroxyl groups excluding tert-OH is 1. The van der Waals surface area contributed by atoms with Gasteiger partial charge in [0, 0.05) is 0 Å². The smallest absolute Gasteiger partial charge is 0.320 e. The van der Waals surface area contributed by atoms with Crippen molar-refractivity contribution in [2.45, 2.75) is 25.3 Å². The predicted octanol–water partition coefficient (Wildman–Crippen LogP) is -0.550. The highest BCUT2D eigenvalue weighted by molar-refractivity contribution is 5.73. The van der Waals surface area contributed by atoms with Gasteiger partial charge in [-0.3, -0.25) is 9.69 Å². The summed E-state index contributed by atoms with van der Waals surface area (Å²) in [7, 11) is 1.58. The molecule has 0 bridgehead atoms. The zero-order chi connectivity index (χ0) is 10.3. The lowest BCUT2D eigenvalue weighted by molar-refractivity contribution is -0.144. The van der Waals surface area contributed by atoms with Gasteiger partial charge in [-0.15, -0.1) is 0 Å². The molecule has 78 valence electrons. The standard InChI is InChI=1S/C8H18N2O3/c1-10(6-11)7(8(12)13)4-2-3-5-9/h7,11H,2-6,9H2,1H3,(H,12,13)/t7-/m0/s1. The summed E-state index contributed by atoms with van der Waals surface area (Å²) in [5.74, 6) is -0.895. The molecule has 0 heterocycles. The number of hydrogen-bond acceptors (Lipinski definition) is 4. The third-order valence-electron chi connectivity index (χ3n) is 1.97. The number of rotatable bonds is 7. The van der Waals surface area contributed by atoms with Crippen LogP contribution in [0.5, 0.6) is 0 Å². The Bertz CT molecular complexity index is 152. The maximum Gasteiger partial charge on any atom is 0.320 e. The largest absolute Gasteiger partial charge is 0.480 e. The normalized spacial score (nSPS) is 13.2. The molecule has 0 fully saturated rings. The molecule has 0 unspecified atom stereocenters. The number of nitrogens with two attached hydrogens (primary N) is 1. The molecule has 0 aliphatic carbocycles. The maximum absolute atomic E-state index is 10.7. The van der Waals surface area contributed by atoms with Crippen LogP contribution in [-0.4, -0.2) is 47.4 Å². The van der Waals surface area contributed by atoms with Gasteiger partial charge in [0.2, 0.25) is 0 Å². The molecule has 5 heteroatoms. The monoisotopic (exact) mass is 190 g/mol. The Morgan fingerprint density at radius 1 is 1.54 bits per heavy atom. The quantitative estimate of drug-likeness (QED) is 0.370. The molecule has 0 aromatic carbocycles. The Balaban J connectivity index is 3.88. The van der Waals surface area contributed by atoms with Crippen molar-refractivity contribution >= 4 is 5.97 Å². The molecule has 1 atom stereocenters. The van der Waals surface area contributed by atoms with E-state index in [1.165, 1.54) is 4.90 Å². The van der Waals surface area contributed by atoms with Crippen molar-refractivity contribution in [3.05, 3.63) is 0 Å². The number of aliphatic hydroxyl groups is 1. The molecule has 5 nitrogen and oxygen atoms in total. The predicted molar refractivity (Wildman–Crippen MR) is 49.2 cm³/mol. The lowest BCUT2D eigenvalue weighted by atomic mass is 10.1. The molecule has 0 spiro atoms. The second kappa shape index (κ2) is 6.82. The molecule has 4 N–H and O–H groups in total. The molecule has 0 radical (unpaired) electrons. The van der Waals surface area contributed by atoms with E-state index < -0.39 is 12.0 Å². The Labute approximate surface area is 78.1 Å². The highest BCUT2D eigenvalue weighted by atomic mass is 16.4. The van der Waals surface area contributed by atoms with Gasteiger partial charge in [0.1, 0.15) is 6.04 Å². The zero-order valence-electron chi connectivity index (χ0n) is 7.94. The first-order chi connectivity index (χ1) is 6.13. The summed E-state index contributed by atoms with van der Waals surface area (Å²) in [5.41, 5.74) is 5.29. The molecule has 0 aromatic heterocycles. The second-order valence-electron chi connectivity index (χ2n) is 3.04. The number of carbonyl (C=O) groups is 1. The van der Waals surface area contributed by atoms with Crippen LogP contribution in [-0.2, 0) is 4.79 Å². The van der Waals surface area contributed by atoms with Crippen molar-refractivity contribution in [3.8, 4) is 0 Å². The number of aliphatic carboxylic acids is 1. The van der Waals surface area contributed by atoms with Crippen LogP contribution in [0.3, 0.4) is 0 Å². The SMILES string of the molecule is CN(CO)[C@@H](CCCCN)C(=O)O. The van der Waals surface area contributed by atoms with Crippen LogP contribution in [0, 0.1) is 0 Å². The van der Waals surface area contributed by atoms with E-state index in [1.807, 2.05) is 0 Å². The van der Waals surface area contributed by atoms with Crippen molar-refractivity contribution in [3.63, 3.8) is 0 Å². The minimum absolute atomic E-state index is 0.237. The van der Waals surface area contributed by atoms with Gasteiger partial charge in [-0.25, -0.2) is 0 Å². The van der Waals surface area contributed by atoms with Crippen LogP contribution in [0.15, 0.2) is 0 Å². The van der Waals surface area contributed by atoms with Crippen molar-refractivity contribution in [1.29, 1.82) is 0 Å². The van der Waals surface area contributed by atoms with E-state index in [1.54, 1.807) is 7.05 Å². The molecule has 0 aliphatic rings. The minimum atomic E-state index is -0.895. The van der Waals surface area contributed by atoms with Crippen molar-refractivity contribution in [2.75, 3.05) is 20.3 Å². The second-order valence-corrected chi connectivity index (χ2v) is 3.04. The summed E-state index contributed by atoms with van der Waals surface area (Å²) in [6.07, 6.45) is 2.13. The van der Waals surface area contributed by atoms with E-state index in [0.29, 0.717) is 13.0 Å². The van der Waals surface area contributed by atoms with Crippen LogP contribution >= 0.6 is 0 Å². The third kappa shape index (κ3) is 4.82. The molecule has 0 saturated carbocycles. The van der Waals surface area contributed by atoms with Crippen LogP contribution in [0.25, 0.3) is 0 Å². The van der Waals surface area contributed by atoms with Gasteiger partial charge >= 0.3 is 5.97 Å². The molecule has 0 amide bonds. The molecular formula is C8H18N2O3. The van der Waals surface area contributed by atoms with Gasteiger partial charge in [-0.05, 0) is 26.4 Å². The van der Waals surface area contributed by atoms with Crippen molar-refractivity contribution in [1.82, 2.24) is 4.90 Å². The van der Waals surface area contributed by atoms with E-state index in [9.17, 15) is 4.79 Å². The minimum Gasteiger partial charge on any atom is -0.480 e. The van der Waals surface area contributed by atoms with Gasteiger partial charge in [-0.2, -0.15) is 0 Å². The highest BCUT2D eigenvalue weighted by Gasteiger charge is 2.20. The van der Waals surface area contributed by atoms with Gasteiger partial charge in [0.05, 0.1) is 6.73 Å². The number of unbranched alkanes of at least 4 members (excludes halogenated alkanes) is 1. The lowest BCUT2D eigenvalue weighted by Crippen LogP contribution is -2.39. The summed E-state index contributed by atoms with van der Waals surface area (Å²) in [6.45, 7) is 0.342. The summed E-state index contributed by atoms with van der Waals surface area (Å²) in [5, 5.41) is 17.5. The van der Waals surface area contributed by atoms with Crippen LogP contribution < -0.4 is 5.73 Å². The van der Waals surface area contributed by atoms with E-state index in [2.05, 4.69) is 0 Å². The summed E-state index contributed by atoms with van der Waals surface area (Å²) >= 11 is 0. The number of hydrogen-bond donors (Lipinski definition) is 3.